The van der Waals surface area contributed by atoms with E-state index in [-0.39, 0.29) is 99.6 Å². The van der Waals surface area contributed by atoms with Gasteiger partial charge in [0.25, 0.3) is 0 Å². The van der Waals surface area contributed by atoms with Crippen LogP contribution in [0.1, 0.15) is 146 Å². The summed E-state index contributed by atoms with van der Waals surface area (Å²) in [5, 5.41) is 12.1. The number of fused-ring (bicyclic) bond motifs is 8. The molecule has 5 heterocycles. The third-order valence-electron chi connectivity index (χ3n) is 17.3. The van der Waals surface area contributed by atoms with Crippen LogP contribution in [-0.2, 0) is 36.4 Å². The van der Waals surface area contributed by atoms with Crippen LogP contribution in [0.25, 0.3) is 22.5 Å². The van der Waals surface area contributed by atoms with Crippen LogP contribution in [0.3, 0.4) is 0 Å². The number of nitrogens with two attached hydrogens (primary N) is 3. The number of carbonyl (C=O) groups excluding carboxylic acids is 6. The van der Waals surface area contributed by atoms with Gasteiger partial charge in [-0.25, -0.2) is 9.97 Å². The second-order valence-electron chi connectivity index (χ2n) is 25.1. The number of ketones is 4. The Bertz CT molecular complexity index is 3790. The molecule has 492 valence electrons. The normalized spacial score (nSPS) is 17.9. The van der Waals surface area contributed by atoms with Crippen molar-refractivity contribution in [2.45, 2.75) is 129 Å². The summed E-state index contributed by atoms with van der Waals surface area (Å²) in [4.78, 5) is 93.5. The van der Waals surface area contributed by atoms with Crippen LogP contribution in [0.5, 0.6) is 28.7 Å². The van der Waals surface area contributed by atoms with Gasteiger partial charge < -0.3 is 51.1 Å². The smallest absolute Gasteiger partial charge is 0.226 e. The van der Waals surface area contributed by atoms with Gasteiger partial charge in [0.05, 0.1) is 54.4 Å². The lowest BCUT2D eigenvalue weighted by molar-refractivity contribution is -0.142. The maximum Gasteiger partial charge on any atom is 0.226 e. The number of Topliss-reactive ketones (excluding diaryl/α,β-unsaturated/α-hetero) is 4. The first-order valence-electron chi connectivity index (χ1n) is 31.5. The Hall–Kier alpha value is -7.87. The highest BCUT2D eigenvalue weighted by atomic mass is 79.9. The Morgan fingerprint density at radius 1 is 0.731 bits per heavy atom. The van der Waals surface area contributed by atoms with Crippen molar-refractivity contribution >= 4 is 66.8 Å². The molecule has 93 heavy (non-hydrogen) atoms. The topological polar surface area (TPSA) is 291 Å². The fraction of sp³-hybridized carbons (Fsp3) is 0.431. The van der Waals surface area contributed by atoms with E-state index in [0.717, 1.165) is 51.0 Å². The van der Waals surface area contributed by atoms with Gasteiger partial charge in [-0.05, 0) is 140 Å². The number of rotatable bonds is 17. The van der Waals surface area contributed by atoms with E-state index in [4.69, 9.17) is 50.9 Å². The van der Waals surface area contributed by atoms with E-state index in [1.54, 1.807) is 57.2 Å². The zero-order valence-corrected chi connectivity index (χ0v) is 57.4. The monoisotopic (exact) mass is 1390 g/mol. The molecule has 5 aromatic carbocycles. The molecule has 4 atom stereocenters. The summed E-state index contributed by atoms with van der Waals surface area (Å²) in [5.41, 5.74) is 25.3. The van der Waals surface area contributed by atoms with Crippen LogP contribution in [-0.4, -0.2) is 116 Å². The molecule has 0 unspecified atom stereocenters. The number of aryl methyl sites for hydroxylation is 2. The van der Waals surface area contributed by atoms with E-state index in [1.807, 2.05) is 42.5 Å². The van der Waals surface area contributed by atoms with Crippen molar-refractivity contribution in [1.29, 1.82) is 5.26 Å². The molecule has 4 aliphatic heterocycles. The van der Waals surface area contributed by atoms with Crippen molar-refractivity contribution in [3.8, 4) is 57.3 Å². The third kappa shape index (κ3) is 17.5. The first-order valence-corrected chi connectivity index (χ1v) is 33.1. The minimum atomic E-state index is -1.25. The van der Waals surface area contributed by atoms with Crippen molar-refractivity contribution in [3.05, 3.63) is 145 Å². The van der Waals surface area contributed by atoms with Gasteiger partial charge in [-0.3, -0.25) is 28.8 Å². The maximum atomic E-state index is 14.9. The molecule has 21 heteroatoms. The molecule has 4 aliphatic rings. The van der Waals surface area contributed by atoms with E-state index >= 15 is 0 Å². The number of likely N-dealkylation sites (N-methyl/N-ethyl adjacent to an activating group) is 1. The molecule has 10 rings (SSSR count). The fourth-order valence-corrected chi connectivity index (χ4v) is 12.7. The Morgan fingerprint density at radius 2 is 1.31 bits per heavy atom. The summed E-state index contributed by atoms with van der Waals surface area (Å²) in [6.45, 7) is 16.7. The van der Waals surface area contributed by atoms with E-state index in [9.17, 15) is 34.0 Å². The zero-order valence-electron chi connectivity index (χ0n) is 54.3. The molecule has 0 saturated heterocycles. The molecule has 0 saturated carbocycles. The molecule has 0 aliphatic carbocycles. The van der Waals surface area contributed by atoms with Crippen molar-refractivity contribution in [2.24, 2.45) is 29.0 Å². The second kappa shape index (κ2) is 31.8. The Balaban J connectivity index is 0.000000362. The summed E-state index contributed by atoms with van der Waals surface area (Å²) in [7, 11) is 1.50. The molecular formula is C72H84Br2N8O11. The van der Waals surface area contributed by atoms with Gasteiger partial charge in [0.2, 0.25) is 11.8 Å². The molecule has 19 nitrogen and oxygen atoms in total. The number of hydrogen-bond acceptors (Lipinski definition) is 17. The summed E-state index contributed by atoms with van der Waals surface area (Å²) >= 11 is 6.77. The Morgan fingerprint density at radius 3 is 1.94 bits per heavy atom. The number of benzene rings is 5. The van der Waals surface area contributed by atoms with Gasteiger partial charge in [-0.2, -0.15) is 5.26 Å². The number of nitrogens with zero attached hydrogens (tertiary/aromatic N) is 4. The average Bonchev–Trinajstić information content (AvgIpc) is 1.33. The van der Waals surface area contributed by atoms with Crippen molar-refractivity contribution in [1.82, 2.24) is 20.2 Å². The molecule has 6 aromatic rings. The number of amides is 2. The van der Waals surface area contributed by atoms with Crippen LogP contribution in [0.15, 0.2) is 99.9 Å². The largest absolute Gasteiger partial charge is 0.493 e. The van der Waals surface area contributed by atoms with Gasteiger partial charge in [-0.15, -0.1) is 0 Å². The lowest BCUT2D eigenvalue weighted by Gasteiger charge is -2.32. The Labute approximate surface area is 561 Å². The highest BCUT2D eigenvalue weighted by molar-refractivity contribution is 9.10. The fourth-order valence-electron chi connectivity index (χ4n) is 12.1. The number of carbonyl (C=O) groups is 6. The summed E-state index contributed by atoms with van der Waals surface area (Å²) in [6.07, 6.45) is 2.06. The van der Waals surface area contributed by atoms with Crippen LogP contribution < -0.4 is 46.2 Å². The van der Waals surface area contributed by atoms with E-state index < -0.39 is 41.5 Å². The van der Waals surface area contributed by atoms with Gasteiger partial charge in [0.15, 0.2) is 29.0 Å². The minimum Gasteiger partial charge on any atom is -0.493 e. The first kappa shape index (κ1) is 71.0. The molecule has 0 fully saturated rings. The number of aromatic nitrogens is 2. The highest BCUT2D eigenvalue weighted by Gasteiger charge is 2.38. The lowest BCUT2D eigenvalue weighted by Crippen LogP contribution is -2.46. The van der Waals surface area contributed by atoms with Gasteiger partial charge in [-0.1, -0.05) is 96.8 Å². The predicted octanol–water partition coefficient (Wildman–Crippen LogP) is 11.3. The molecule has 7 N–H and O–H groups in total. The third-order valence-corrected chi connectivity index (χ3v) is 18.3. The number of nitriles is 1. The van der Waals surface area contributed by atoms with Crippen LogP contribution in [0.4, 0.5) is 0 Å². The van der Waals surface area contributed by atoms with Gasteiger partial charge >= 0.3 is 0 Å². The van der Waals surface area contributed by atoms with Gasteiger partial charge in [0.1, 0.15) is 48.0 Å². The zero-order chi connectivity index (χ0) is 67.3. The molecule has 0 spiro atoms. The van der Waals surface area contributed by atoms with E-state index in [2.05, 4.69) is 83.1 Å². The van der Waals surface area contributed by atoms with Crippen LogP contribution in [0, 0.1) is 37.0 Å². The summed E-state index contributed by atoms with van der Waals surface area (Å²) in [5.74, 6) is -0.0942. The van der Waals surface area contributed by atoms with Crippen molar-refractivity contribution < 1.29 is 52.5 Å². The van der Waals surface area contributed by atoms with Crippen LogP contribution >= 0.6 is 31.9 Å². The minimum absolute atomic E-state index is 0.0341. The second-order valence-corrected chi connectivity index (χ2v) is 27.0. The summed E-state index contributed by atoms with van der Waals surface area (Å²) in [6, 6.07) is 27.9. The van der Waals surface area contributed by atoms with Crippen LogP contribution in [0.2, 0.25) is 0 Å². The van der Waals surface area contributed by atoms with E-state index in [1.165, 1.54) is 17.5 Å². The van der Waals surface area contributed by atoms with Gasteiger partial charge in [0, 0.05) is 89.7 Å². The molecular weight excluding hydrogens is 1310 g/mol. The number of halogens is 2. The summed E-state index contributed by atoms with van der Waals surface area (Å²) < 4.78 is 31.2. The molecule has 2 amide bonds. The molecule has 0 radical (unpaired) electrons. The standard InChI is InChI=1S/C52H64N8O8.C11H13BrO.C9H7BrO2/c1-30-24-43(63)48(34-11-14-45(68-23-20-56)38(27-34)37-25-33(9-13-44(37)67-22-19-55)26-40(59-50(30)64)41(61)8-7-17-53)60(6)51(65)36(15-18-54)28-42(62)47-31(2)57-49(58-32(47)3)35-10-12-39-46(29-35)66-21-16-52(39,4)5;1-11(2)5-6-13-10-7-8(12)3-4-9(10)11;10-6-1-2-7-8(11)3-4-12-9(7)5-6/h9-14,25,27,29-30,36,40,48H,7-8,15-16,18-24,26,28,54-56H2,1-6H3,(H,59,64);3-4,7H,5-6H2,1-2H3;1-2,5H,3-4H2/t30-,36-,40+,48+;;/m1../s1. The first-order chi connectivity index (χ1) is 44.4. The molecule has 1 aromatic heterocycles. The maximum absolute atomic E-state index is 14.9. The lowest BCUT2D eigenvalue weighted by atomic mass is 9.79. The SMILES string of the molecule is CC1(C)CCOc2cc(Br)ccc21.Cc1nc(-c2ccc3c(c2)OCCC3(C)C)nc(C)c1C(=O)C[C@@H](CCN)C(=O)N(C)[C@@H]1C(=O)C[C@@H](C)C(=O)N[C@H](C(=O)CCC#N)Cc2ccc(OCCN)c(c2)-c2cc1ccc2OCCN.O=C1CCOc2cc(Br)ccc21. The number of nitrogens with one attached hydrogen (secondary N) is 1. The molecule has 4 bridgehead atoms. The van der Waals surface area contributed by atoms with Crippen molar-refractivity contribution in [2.75, 3.05) is 59.7 Å². The highest BCUT2D eigenvalue weighted by Crippen LogP contribution is 2.44. The number of hydrogen-bond donors (Lipinski definition) is 4. The quantitative estimate of drug-likeness (QED) is 0.0617. The van der Waals surface area contributed by atoms with E-state index in [0.29, 0.717) is 87.5 Å². The average molecular weight is 1400 g/mol. The Kier molecular flexibility index (Phi) is 24.3. The van der Waals surface area contributed by atoms with Crippen molar-refractivity contribution in [3.63, 3.8) is 0 Å². The number of ether oxygens (including phenoxy) is 5. The predicted molar refractivity (Wildman–Crippen MR) is 363 cm³/mol.